The predicted octanol–water partition coefficient (Wildman–Crippen LogP) is 2.67. The molecule has 1 aromatic carbocycles. The van der Waals surface area contributed by atoms with E-state index in [1.807, 2.05) is 31.2 Å². The van der Waals surface area contributed by atoms with Crippen molar-refractivity contribution >= 4 is 18.0 Å². The lowest BCUT2D eigenvalue weighted by atomic mass is 10.1. The lowest BCUT2D eigenvalue weighted by Gasteiger charge is -2.13. The van der Waals surface area contributed by atoms with E-state index in [1.165, 1.54) is 16.1 Å². The summed E-state index contributed by atoms with van der Waals surface area (Å²) >= 11 is 0. The lowest BCUT2D eigenvalue weighted by Crippen LogP contribution is -2.32. The third-order valence-corrected chi connectivity index (χ3v) is 4.49. The molecule has 1 aromatic heterocycles. The van der Waals surface area contributed by atoms with Crippen molar-refractivity contribution in [1.82, 2.24) is 10.0 Å². The van der Waals surface area contributed by atoms with Crippen LogP contribution >= 0.6 is 0 Å². The maximum atomic E-state index is 8.06. The molecule has 0 aliphatic carbocycles. The molecule has 150 valence electrons. The molecule has 0 radical (unpaired) electrons. The third kappa shape index (κ3) is 6.22. The second-order valence-electron chi connectivity index (χ2n) is 6.79. The monoisotopic (exact) mass is 380 g/mol. The first-order valence-electron chi connectivity index (χ1n) is 9.87. The molecule has 0 bridgehead atoms. The van der Waals surface area contributed by atoms with Crippen LogP contribution in [0.4, 0.5) is 0 Å². The molecule has 0 amide bonds. The standard InChI is InChI=1S/C23H32N4O/c1-4-6-7-8-9-22-20(5-2)14-15-27(22)17-19-10-12-21(13-11-19)23(25)26-28-18(3)16-24/h5,7-15,18H,4,6,16-17,24H2,1-3H3,(H2,25,26)/b8-7-,20-5-,22-9+. The van der Waals surface area contributed by atoms with Gasteiger partial charge >= 0.3 is 0 Å². The zero-order valence-electron chi connectivity index (χ0n) is 17.1. The van der Waals surface area contributed by atoms with E-state index in [9.17, 15) is 0 Å². The number of nitrogens with zero attached hydrogens (tertiary/aromatic N) is 1. The molecule has 1 unspecified atom stereocenters. The number of nitrogens with one attached hydrogen (secondary N) is 2. The van der Waals surface area contributed by atoms with Crippen molar-refractivity contribution < 1.29 is 4.84 Å². The van der Waals surface area contributed by atoms with Crippen molar-refractivity contribution in [1.29, 1.82) is 5.41 Å². The molecule has 2 rings (SSSR count). The topological polar surface area (TPSA) is 76.1 Å². The molecular formula is C23H32N4O. The molecule has 0 fully saturated rings. The van der Waals surface area contributed by atoms with Gasteiger partial charge in [-0.2, -0.15) is 0 Å². The van der Waals surface area contributed by atoms with Gasteiger partial charge in [-0.05, 0) is 43.2 Å². The summed E-state index contributed by atoms with van der Waals surface area (Å²) in [6.45, 7) is 7.29. The van der Waals surface area contributed by atoms with Gasteiger partial charge in [0, 0.05) is 30.2 Å². The van der Waals surface area contributed by atoms with E-state index in [2.05, 4.69) is 60.5 Å². The van der Waals surface area contributed by atoms with Crippen LogP contribution in [-0.2, 0) is 11.4 Å². The van der Waals surface area contributed by atoms with E-state index < -0.39 is 0 Å². The number of nitrogens with two attached hydrogens (primary N) is 1. The van der Waals surface area contributed by atoms with Crippen LogP contribution < -0.4 is 21.8 Å². The van der Waals surface area contributed by atoms with Crippen LogP contribution in [0.25, 0.3) is 12.2 Å². The van der Waals surface area contributed by atoms with E-state index in [4.69, 9.17) is 16.0 Å². The largest absolute Gasteiger partial charge is 0.343 e. The van der Waals surface area contributed by atoms with Crippen molar-refractivity contribution in [3.63, 3.8) is 0 Å². The minimum atomic E-state index is -0.140. The van der Waals surface area contributed by atoms with Gasteiger partial charge < -0.3 is 10.3 Å². The number of unbranched alkanes of at least 4 members (excludes halogenated alkanes) is 1. The second-order valence-corrected chi connectivity index (χ2v) is 6.79. The number of rotatable bonds is 9. The van der Waals surface area contributed by atoms with E-state index in [1.54, 1.807) is 0 Å². The van der Waals surface area contributed by atoms with Crippen LogP contribution in [0.1, 0.15) is 44.7 Å². The van der Waals surface area contributed by atoms with Crippen molar-refractivity contribution in [3.8, 4) is 0 Å². The first-order chi connectivity index (χ1) is 13.6. The summed E-state index contributed by atoms with van der Waals surface area (Å²) in [7, 11) is 0. The quantitative estimate of drug-likeness (QED) is 0.356. The Labute approximate surface area is 167 Å². The molecule has 0 aliphatic heterocycles. The minimum Gasteiger partial charge on any atom is -0.343 e. The van der Waals surface area contributed by atoms with Crippen LogP contribution in [0.3, 0.4) is 0 Å². The molecule has 28 heavy (non-hydrogen) atoms. The number of allylic oxidation sites excluding steroid dienone is 2. The van der Waals surface area contributed by atoms with Gasteiger partial charge in [0.1, 0.15) is 5.84 Å². The molecule has 0 aliphatic rings. The summed E-state index contributed by atoms with van der Waals surface area (Å²) < 4.78 is 2.25. The molecule has 0 spiro atoms. The summed E-state index contributed by atoms with van der Waals surface area (Å²) in [5, 5.41) is 10.5. The first-order valence-corrected chi connectivity index (χ1v) is 9.87. The summed E-state index contributed by atoms with van der Waals surface area (Å²) in [5.74, 6) is 0.228. The number of hydrogen-bond acceptors (Lipinski definition) is 3. The number of aromatic nitrogens is 1. The van der Waals surface area contributed by atoms with Gasteiger partial charge in [0.2, 0.25) is 0 Å². The normalized spacial score (nSPS) is 14.0. The number of amidine groups is 1. The number of hydrogen-bond donors (Lipinski definition) is 3. The fraction of sp³-hybridized carbons (Fsp3) is 0.348. The SMILES string of the molecule is C/C=c1/ccn(Cc2ccc(C(=N)NOC(C)CN)cc2)/c1=C/C=C\CCC. The van der Waals surface area contributed by atoms with Crippen molar-refractivity contribution in [2.24, 2.45) is 5.73 Å². The average molecular weight is 381 g/mol. The van der Waals surface area contributed by atoms with Crippen LogP contribution in [0, 0.1) is 5.41 Å². The Morgan fingerprint density at radius 2 is 2.04 bits per heavy atom. The lowest BCUT2D eigenvalue weighted by molar-refractivity contribution is 0.0271. The smallest absolute Gasteiger partial charge is 0.149 e. The highest BCUT2D eigenvalue weighted by molar-refractivity contribution is 5.95. The van der Waals surface area contributed by atoms with Crippen molar-refractivity contribution in [2.75, 3.05) is 6.54 Å². The van der Waals surface area contributed by atoms with Gasteiger partial charge in [-0.25, -0.2) is 5.48 Å². The minimum absolute atomic E-state index is 0.140. The predicted molar refractivity (Wildman–Crippen MR) is 117 cm³/mol. The van der Waals surface area contributed by atoms with Crippen molar-refractivity contribution in [3.05, 3.63) is 70.4 Å². The Bertz CT molecular complexity index is 894. The number of hydroxylamine groups is 1. The van der Waals surface area contributed by atoms with E-state index >= 15 is 0 Å². The van der Waals surface area contributed by atoms with Gasteiger partial charge in [-0.3, -0.25) is 10.2 Å². The Balaban J connectivity index is 2.12. The summed E-state index contributed by atoms with van der Waals surface area (Å²) in [5.41, 5.74) is 10.1. The molecule has 0 saturated carbocycles. The third-order valence-electron chi connectivity index (χ3n) is 4.49. The van der Waals surface area contributed by atoms with Gasteiger partial charge in [0.25, 0.3) is 0 Å². The van der Waals surface area contributed by atoms with Crippen LogP contribution in [-0.4, -0.2) is 23.1 Å². The number of benzene rings is 1. The molecular weight excluding hydrogens is 348 g/mol. The van der Waals surface area contributed by atoms with Gasteiger partial charge in [-0.1, -0.05) is 55.8 Å². The Morgan fingerprint density at radius 3 is 2.68 bits per heavy atom. The summed E-state index contributed by atoms with van der Waals surface area (Å²) in [4.78, 5) is 5.30. The Hall–Kier alpha value is -2.63. The summed E-state index contributed by atoms with van der Waals surface area (Å²) in [6.07, 6.45) is 12.9. The Morgan fingerprint density at radius 1 is 1.29 bits per heavy atom. The van der Waals surface area contributed by atoms with Gasteiger partial charge in [0.15, 0.2) is 0 Å². The first kappa shape index (κ1) is 21.7. The summed E-state index contributed by atoms with van der Waals surface area (Å²) in [6, 6.07) is 10.1. The molecule has 0 saturated heterocycles. The van der Waals surface area contributed by atoms with Crippen LogP contribution in [0.15, 0.2) is 48.7 Å². The molecule has 2 aromatic rings. The highest BCUT2D eigenvalue weighted by atomic mass is 16.7. The highest BCUT2D eigenvalue weighted by Crippen LogP contribution is 2.06. The van der Waals surface area contributed by atoms with Gasteiger partial charge in [-0.15, -0.1) is 0 Å². The second kappa shape index (κ2) is 11.3. The maximum Gasteiger partial charge on any atom is 0.149 e. The Kier molecular flexibility index (Phi) is 8.72. The molecule has 5 heteroatoms. The van der Waals surface area contributed by atoms with Crippen molar-refractivity contribution in [2.45, 2.75) is 46.3 Å². The molecule has 1 atom stereocenters. The maximum absolute atomic E-state index is 8.06. The van der Waals surface area contributed by atoms with E-state index in [0.29, 0.717) is 6.54 Å². The zero-order valence-corrected chi connectivity index (χ0v) is 17.1. The average Bonchev–Trinajstić information content (AvgIpc) is 3.11. The molecule has 4 N–H and O–H groups in total. The highest BCUT2D eigenvalue weighted by Gasteiger charge is 2.05. The van der Waals surface area contributed by atoms with E-state index in [-0.39, 0.29) is 11.9 Å². The fourth-order valence-corrected chi connectivity index (χ4v) is 2.74. The van der Waals surface area contributed by atoms with E-state index in [0.717, 1.165) is 24.9 Å². The zero-order chi connectivity index (χ0) is 20.4. The fourth-order valence-electron chi connectivity index (χ4n) is 2.74. The molecule has 1 heterocycles. The van der Waals surface area contributed by atoms with Crippen LogP contribution in [0.2, 0.25) is 0 Å². The van der Waals surface area contributed by atoms with Gasteiger partial charge in [0.05, 0.1) is 6.10 Å². The molecule has 5 nitrogen and oxygen atoms in total. The van der Waals surface area contributed by atoms with Crippen LogP contribution in [0.5, 0.6) is 0 Å².